The predicted molar refractivity (Wildman–Crippen MR) is 142 cm³/mol. The molecule has 1 fully saturated rings. The topological polar surface area (TPSA) is 71.8 Å². The summed E-state index contributed by atoms with van der Waals surface area (Å²) in [5.41, 5.74) is 2.08. The van der Waals surface area contributed by atoms with Gasteiger partial charge in [0.2, 0.25) is 0 Å². The molecule has 3 aromatic rings. The van der Waals surface area contributed by atoms with E-state index in [1.165, 1.54) is 0 Å². The summed E-state index contributed by atoms with van der Waals surface area (Å²) in [7, 11) is 0. The van der Waals surface area contributed by atoms with Crippen molar-refractivity contribution in [2.75, 3.05) is 6.54 Å². The third-order valence-electron chi connectivity index (χ3n) is 7.01. The minimum Gasteiger partial charge on any atom is -0.438 e. The van der Waals surface area contributed by atoms with Crippen LogP contribution in [0.1, 0.15) is 64.1 Å². The first kappa shape index (κ1) is 25.7. The van der Waals surface area contributed by atoms with E-state index >= 15 is 0 Å². The maximum absolute atomic E-state index is 13.4. The molecule has 1 aliphatic heterocycles. The number of carbonyl (C=O) groups is 1. The first-order chi connectivity index (χ1) is 17.2. The third-order valence-corrected chi connectivity index (χ3v) is 7.01. The number of carbonyl (C=O) groups excluding carboxylic acids is 1. The van der Waals surface area contributed by atoms with Crippen molar-refractivity contribution in [2.45, 2.75) is 70.7 Å². The Morgan fingerprint density at radius 1 is 0.972 bits per heavy atom. The molecule has 1 N–H and O–H groups in total. The number of hydrogen-bond acceptors (Lipinski definition) is 4. The molecule has 4 rings (SSSR count). The molecule has 6 nitrogen and oxygen atoms in total. The minimum atomic E-state index is -0.988. The fourth-order valence-electron chi connectivity index (χ4n) is 5.31. The quantitative estimate of drug-likeness (QED) is 0.429. The zero-order chi connectivity index (χ0) is 25.9. The Hall–Kier alpha value is -3.38. The molecule has 2 atom stereocenters. The van der Waals surface area contributed by atoms with Crippen LogP contribution in [0.5, 0.6) is 0 Å². The van der Waals surface area contributed by atoms with Gasteiger partial charge in [0.1, 0.15) is 5.60 Å². The second-order valence-corrected chi connectivity index (χ2v) is 10.2. The molecule has 2 heterocycles. The van der Waals surface area contributed by atoms with E-state index in [2.05, 4.69) is 6.92 Å². The highest BCUT2D eigenvalue weighted by Crippen LogP contribution is 2.42. The van der Waals surface area contributed by atoms with Gasteiger partial charge in [-0.2, -0.15) is 0 Å². The number of aliphatic hydroxyl groups is 1. The zero-order valence-corrected chi connectivity index (χ0v) is 21.6. The Bertz CT molecular complexity index is 1240. The van der Waals surface area contributed by atoms with Crippen LogP contribution < -0.4 is 5.56 Å². The molecule has 1 amide bonds. The molecule has 2 aromatic carbocycles. The summed E-state index contributed by atoms with van der Waals surface area (Å²) in [5.74, 6) is 0. The number of aromatic nitrogens is 1. The predicted octanol–water partition coefficient (Wildman–Crippen LogP) is 5.89. The first-order valence-corrected chi connectivity index (χ1v) is 12.7. The van der Waals surface area contributed by atoms with E-state index in [4.69, 9.17) is 4.74 Å². The van der Waals surface area contributed by atoms with Crippen molar-refractivity contribution in [3.63, 3.8) is 0 Å². The number of pyridine rings is 1. The summed E-state index contributed by atoms with van der Waals surface area (Å²) in [4.78, 5) is 27.2. The van der Waals surface area contributed by atoms with Crippen LogP contribution in [-0.2, 0) is 16.9 Å². The number of ether oxygens (including phenoxy) is 1. The summed E-state index contributed by atoms with van der Waals surface area (Å²) in [5, 5.41) is 10.6. The van der Waals surface area contributed by atoms with Gasteiger partial charge in [-0.15, -0.1) is 0 Å². The lowest BCUT2D eigenvalue weighted by Gasteiger charge is -2.46. The van der Waals surface area contributed by atoms with Crippen molar-refractivity contribution in [3.05, 3.63) is 94.4 Å². The van der Waals surface area contributed by atoms with Gasteiger partial charge in [0.15, 0.2) is 0 Å². The van der Waals surface area contributed by atoms with E-state index in [1.54, 1.807) is 29.4 Å². The van der Waals surface area contributed by atoms with Gasteiger partial charge in [-0.25, -0.2) is 4.79 Å². The van der Waals surface area contributed by atoms with Gasteiger partial charge in [0, 0.05) is 38.2 Å². The number of hydrogen-bond donors (Lipinski definition) is 1. The monoisotopic (exact) mass is 488 g/mol. The SMILES string of the molecule is CC[C@@H](c1ccc(-c2ccc(=O)n(CC)c2)cc1)N1CCC(CC(C)(C)O)(c2ccccc2)OC1=O. The van der Waals surface area contributed by atoms with Gasteiger partial charge >= 0.3 is 6.09 Å². The van der Waals surface area contributed by atoms with Crippen LogP contribution >= 0.6 is 0 Å². The second-order valence-electron chi connectivity index (χ2n) is 10.2. The number of nitrogens with zero attached hydrogens (tertiary/aromatic N) is 2. The highest BCUT2D eigenvalue weighted by molar-refractivity contribution is 5.70. The minimum absolute atomic E-state index is 0.0105. The molecule has 1 saturated heterocycles. The van der Waals surface area contributed by atoms with Gasteiger partial charge in [0.05, 0.1) is 11.6 Å². The fraction of sp³-hybridized carbons (Fsp3) is 0.400. The van der Waals surface area contributed by atoms with Crippen molar-refractivity contribution in [1.29, 1.82) is 0 Å². The number of benzene rings is 2. The molecule has 0 spiro atoms. The lowest BCUT2D eigenvalue weighted by atomic mass is 9.80. The Morgan fingerprint density at radius 2 is 1.64 bits per heavy atom. The largest absolute Gasteiger partial charge is 0.438 e. The van der Waals surface area contributed by atoms with E-state index in [0.29, 0.717) is 25.9 Å². The van der Waals surface area contributed by atoms with Crippen LogP contribution in [0.25, 0.3) is 11.1 Å². The molecule has 6 heteroatoms. The molecule has 36 heavy (non-hydrogen) atoms. The Balaban J connectivity index is 1.57. The van der Waals surface area contributed by atoms with Crippen molar-refractivity contribution in [3.8, 4) is 11.1 Å². The average Bonchev–Trinajstić information content (AvgIpc) is 2.86. The maximum Gasteiger partial charge on any atom is 0.411 e. The number of aryl methyl sites for hydroxylation is 1. The Labute approximate surface area is 213 Å². The highest BCUT2D eigenvalue weighted by Gasteiger charge is 2.46. The van der Waals surface area contributed by atoms with Gasteiger partial charge < -0.3 is 19.3 Å². The van der Waals surface area contributed by atoms with Crippen molar-refractivity contribution in [1.82, 2.24) is 9.47 Å². The van der Waals surface area contributed by atoms with E-state index in [-0.39, 0.29) is 17.7 Å². The van der Waals surface area contributed by atoms with Gasteiger partial charge in [-0.1, -0.05) is 61.5 Å². The molecule has 1 aliphatic rings. The molecule has 0 saturated carbocycles. The lowest BCUT2D eigenvalue weighted by Crippen LogP contribution is -2.51. The summed E-state index contributed by atoms with van der Waals surface area (Å²) in [6.45, 7) is 8.68. The van der Waals surface area contributed by atoms with E-state index in [1.807, 2.05) is 73.8 Å². The van der Waals surface area contributed by atoms with Gasteiger partial charge in [-0.3, -0.25) is 4.79 Å². The Morgan fingerprint density at radius 3 is 2.22 bits per heavy atom. The number of rotatable bonds is 8. The molecule has 1 unspecified atom stereocenters. The fourth-order valence-corrected chi connectivity index (χ4v) is 5.31. The summed E-state index contributed by atoms with van der Waals surface area (Å²) in [6.07, 6.45) is 3.19. The number of cyclic esters (lactones) is 1. The third kappa shape index (κ3) is 5.39. The molecule has 0 radical (unpaired) electrons. The highest BCUT2D eigenvalue weighted by atomic mass is 16.6. The van der Waals surface area contributed by atoms with Crippen molar-refractivity contribution in [2.24, 2.45) is 0 Å². The summed E-state index contributed by atoms with van der Waals surface area (Å²) < 4.78 is 7.87. The van der Waals surface area contributed by atoms with E-state index in [0.717, 1.165) is 28.7 Å². The molecular formula is C30H36N2O4. The standard InChI is InChI=1S/C30H36N2O4/c1-5-26(23-14-12-22(13-15-23)24-16-17-27(33)31(6-2)20-24)32-19-18-30(36-28(32)34,21-29(3,4)35)25-10-8-7-9-11-25/h7-17,20,26,35H,5-6,18-19,21H2,1-4H3/t26-,30?/m0/s1. The van der Waals surface area contributed by atoms with Crippen molar-refractivity contribution < 1.29 is 14.6 Å². The first-order valence-electron chi connectivity index (χ1n) is 12.7. The van der Waals surface area contributed by atoms with Crippen molar-refractivity contribution >= 4 is 6.09 Å². The van der Waals surface area contributed by atoms with Gasteiger partial charge in [-0.05, 0) is 55.5 Å². The normalized spacial score (nSPS) is 19.1. The summed E-state index contributed by atoms with van der Waals surface area (Å²) >= 11 is 0. The molecule has 1 aromatic heterocycles. The van der Waals surface area contributed by atoms with E-state index in [9.17, 15) is 14.7 Å². The zero-order valence-electron chi connectivity index (χ0n) is 21.6. The second kappa shape index (κ2) is 10.3. The van der Waals surface area contributed by atoms with Gasteiger partial charge in [0.25, 0.3) is 5.56 Å². The van der Waals surface area contributed by atoms with Crippen LogP contribution in [0.4, 0.5) is 4.79 Å². The number of amides is 1. The molecule has 190 valence electrons. The molecule has 0 aliphatic carbocycles. The van der Waals surface area contributed by atoms with Crippen LogP contribution in [0.3, 0.4) is 0 Å². The average molecular weight is 489 g/mol. The van der Waals surface area contributed by atoms with Crippen LogP contribution in [-0.4, -0.2) is 32.8 Å². The van der Waals surface area contributed by atoms with Crippen LogP contribution in [0, 0.1) is 0 Å². The molecule has 0 bridgehead atoms. The smallest absolute Gasteiger partial charge is 0.411 e. The summed E-state index contributed by atoms with van der Waals surface area (Å²) in [6, 6.07) is 21.2. The Kier molecular flexibility index (Phi) is 7.36. The maximum atomic E-state index is 13.4. The van der Waals surface area contributed by atoms with Crippen LogP contribution in [0.2, 0.25) is 0 Å². The van der Waals surface area contributed by atoms with E-state index < -0.39 is 11.2 Å². The van der Waals surface area contributed by atoms with Crippen LogP contribution in [0.15, 0.2) is 77.7 Å². The molecular weight excluding hydrogens is 452 g/mol. The lowest BCUT2D eigenvalue weighted by molar-refractivity contribution is -0.102.